The van der Waals surface area contributed by atoms with E-state index in [1.807, 2.05) is 43.3 Å². The van der Waals surface area contributed by atoms with Gasteiger partial charge in [0.2, 0.25) is 0 Å². The Morgan fingerprint density at radius 1 is 1.25 bits per heavy atom. The highest BCUT2D eigenvalue weighted by atomic mass is 35.5. The first-order chi connectivity index (χ1) is 9.74. The summed E-state index contributed by atoms with van der Waals surface area (Å²) < 4.78 is 5.62. The number of aromatic amines is 1. The Kier molecular flexibility index (Phi) is 3.48. The van der Waals surface area contributed by atoms with Crippen LogP contribution in [0.3, 0.4) is 0 Å². The van der Waals surface area contributed by atoms with Gasteiger partial charge in [-0.25, -0.2) is 0 Å². The predicted octanol–water partition coefficient (Wildman–Crippen LogP) is 4.24. The van der Waals surface area contributed by atoms with Crippen LogP contribution in [0.5, 0.6) is 0 Å². The van der Waals surface area contributed by atoms with E-state index in [1.54, 1.807) is 6.20 Å². The Morgan fingerprint density at radius 2 is 2.10 bits per heavy atom. The Hall–Kier alpha value is -2.20. The van der Waals surface area contributed by atoms with Crippen molar-refractivity contribution < 1.29 is 4.42 Å². The number of anilines is 1. The Labute approximate surface area is 121 Å². The molecule has 0 aliphatic rings. The lowest BCUT2D eigenvalue weighted by Gasteiger charge is -2.07. The minimum atomic E-state index is 0.620. The van der Waals surface area contributed by atoms with Gasteiger partial charge in [0.05, 0.1) is 16.9 Å². The summed E-state index contributed by atoms with van der Waals surface area (Å²) in [5, 5.41) is 11.1. The molecule has 0 aliphatic carbocycles. The van der Waals surface area contributed by atoms with E-state index in [-0.39, 0.29) is 0 Å². The number of aryl methyl sites for hydroxylation is 1. The van der Waals surface area contributed by atoms with Gasteiger partial charge >= 0.3 is 0 Å². The summed E-state index contributed by atoms with van der Waals surface area (Å²) in [6, 6.07) is 11.5. The molecule has 1 aromatic carbocycles. The molecule has 3 aromatic rings. The summed E-state index contributed by atoms with van der Waals surface area (Å²) in [5.74, 6) is 1.66. The van der Waals surface area contributed by atoms with Gasteiger partial charge in [-0.3, -0.25) is 5.10 Å². The number of rotatable bonds is 4. The topological polar surface area (TPSA) is 53.9 Å². The molecule has 2 aromatic heterocycles. The second-order valence-corrected chi connectivity index (χ2v) is 4.92. The smallest absolute Gasteiger partial charge is 0.152 e. The maximum Gasteiger partial charge on any atom is 0.152 e. The fourth-order valence-corrected chi connectivity index (χ4v) is 2.22. The highest BCUT2D eigenvalue weighted by Gasteiger charge is 2.11. The third-order valence-corrected chi connectivity index (χ3v) is 3.38. The van der Waals surface area contributed by atoms with E-state index in [0.29, 0.717) is 11.6 Å². The molecule has 0 amide bonds. The monoisotopic (exact) mass is 287 g/mol. The van der Waals surface area contributed by atoms with Crippen LogP contribution in [0.2, 0.25) is 5.02 Å². The van der Waals surface area contributed by atoms with Gasteiger partial charge in [-0.1, -0.05) is 23.7 Å². The number of H-pyrrole nitrogens is 1. The van der Waals surface area contributed by atoms with Crippen LogP contribution in [0.1, 0.15) is 11.3 Å². The SMILES string of the molecule is Cc1ccc(-c2[nH]ncc2CNc2ccccc2Cl)o1. The molecule has 3 rings (SSSR count). The Balaban J connectivity index is 1.79. The maximum absolute atomic E-state index is 6.12. The minimum absolute atomic E-state index is 0.620. The van der Waals surface area contributed by atoms with Gasteiger partial charge < -0.3 is 9.73 Å². The normalized spacial score (nSPS) is 10.7. The average molecular weight is 288 g/mol. The number of nitrogens with one attached hydrogen (secondary N) is 2. The number of benzene rings is 1. The quantitative estimate of drug-likeness (QED) is 0.754. The van der Waals surface area contributed by atoms with E-state index in [0.717, 1.165) is 28.5 Å². The van der Waals surface area contributed by atoms with Gasteiger partial charge in [-0.05, 0) is 31.2 Å². The van der Waals surface area contributed by atoms with Crippen LogP contribution in [0, 0.1) is 6.92 Å². The van der Waals surface area contributed by atoms with E-state index in [9.17, 15) is 0 Å². The van der Waals surface area contributed by atoms with Crippen LogP contribution < -0.4 is 5.32 Å². The molecule has 0 saturated heterocycles. The summed E-state index contributed by atoms with van der Waals surface area (Å²) in [4.78, 5) is 0. The summed E-state index contributed by atoms with van der Waals surface area (Å²) in [6.45, 7) is 2.54. The van der Waals surface area contributed by atoms with Crippen LogP contribution in [0.15, 0.2) is 47.0 Å². The molecular weight excluding hydrogens is 274 g/mol. The van der Waals surface area contributed by atoms with Gasteiger partial charge in [-0.2, -0.15) is 5.10 Å². The van der Waals surface area contributed by atoms with Crippen molar-refractivity contribution in [3.8, 4) is 11.5 Å². The zero-order valence-corrected chi connectivity index (χ0v) is 11.7. The van der Waals surface area contributed by atoms with Crippen molar-refractivity contribution in [2.24, 2.45) is 0 Å². The minimum Gasteiger partial charge on any atom is -0.460 e. The first-order valence-corrected chi connectivity index (χ1v) is 6.69. The molecule has 5 heteroatoms. The molecule has 0 aliphatic heterocycles. The molecule has 20 heavy (non-hydrogen) atoms. The van der Waals surface area contributed by atoms with Gasteiger partial charge in [-0.15, -0.1) is 0 Å². The van der Waals surface area contributed by atoms with Gasteiger partial charge in [0.1, 0.15) is 11.5 Å². The molecule has 4 nitrogen and oxygen atoms in total. The third kappa shape index (κ3) is 2.56. The molecule has 102 valence electrons. The summed E-state index contributed by atoms with van der Waals surface area (Å²) in [7, 11) is 0. The number of furan rings is 1. The highest BCUT2D eigenvalue weighted by molar-refractivity contribution is 6.33. The Bertz CT molecular complexity index is 717. The van der Waals surface area contributed by atoms with Gasteiger partial charge in [0.15, 0.2) is 5.76 Å². The van der Waals surface area contributed by atoms with Crippen LogP contribution in [0.25, 0.3) is 11.5 Å². The number of nitrogens with zero attached hydrogens (tertiary/aromatic N) is 1. The van der Waals surface area contributed by atoms with Crippen LogP contribution in [-0.4, -0.2) is 10.2 Å². The number of hydrogen-bond donors (Lipinski definition) is 2. The second-order valence-electron chi connectivity index (χ2n) is 4.51. The standard InChI is InChI=1S/C15H14ClN3O/c1-10-6-7-14(20-10)15-11(9-18-19-15)8-17-13-5-3-2-4-12(13)16/h2-7,9,17H,8H2,1H3,(H,18,19). The van der Waals surface area contributed by atoms with Crippen molar-refractivity contribution in [2.75, 3.05) is 5.32 Å². The number of para-hydroxylation sites is 1. The van der Waals surface area contributed by atoms with Crippen LogP contribution in [0.4, 0.5) is 5.69 Å². The molecule has 0 radical (unpaired) electrons. The zero-order chi connectivity index (χ0) is 13.9. The van der Waals surface area contributed by atoms with Gasteiger partial charge in [0.25, 0.3) is 0 Å². The lowest BCUT2D eigenvalue weighted by molar-refractivity contribution is 0.545. The molecule has 2 heterocycles. The van der Waals surface area contributed by atoms with Crippen molar-refractivity contribution >= 4 is 17.3 Å². The first-order valence-electron chi connectivity index (χ1n) is 6.31. The molecule has 2 N–H and O–H groups in total. The summed E-state index contributed by atoms with van der Waals surface area (Å²) >= 11 is 6.12. The lowest BCUT2D eigenvalue weighted by atomic mass is 10.2. The summed E-state index contributed by atoms with van der Waals surface area (Å²) in [5.41, 5.74) is 2.81. The van der Waals surface area contributed by atoms with Crippen molar-refractivity contribution in [1.82, 2.24) is 10.2 Å². The largest absolute Gasteiger partial charge is 0.460 e. The van der Waals surface area contributed by atoms with E-state index in [2.05, 4.69) is 15.5 Å². The van der Waals surface area contributed by atoms with E-state index in [4.69, 9.17) is 16.0 Å². The molecule has 0 spiro atoms. The predicted molar refractivity (Wildman–Crippen MR) is 79.8 cm³/mol. The molecular formula is C15H14ClN3O. The Morgan fingerprint density at radius 3 is 2.85 bits per heavy atom. The summed E-state index contributed by atoms with van der Waals surface area (Å²) in [6.07, 6.45) is 1.79. The number of halogens is 1. The van der Waals surface area contributed by atoms with Crippen LogP contribution >= 0.6 is 11.6 Å². The van der Waals surface area contributed by atoms with Crippen molar-refractivity contribution in [1.29, 1.82) is 0 Å². The van der Waals surface area contributed by atoms with Gasteiger partial charge in [0, 0.05) is 12.1 Å². The van der Waals surface area contributed by atoms with Crippen molar-refractivity contribution in [2.45, 2.75) is 13.5 Å². The van der Waals surface area contributed by atoms with E-state index in [1.165, 1.54) is 0 Å². The van der Waals surface area contributed by atoms with Crippen molar-refractivity contribution in [3.63, 3.8) is 0 Å². The molecule has 0 unspecified atom stereocenters. The highest BCUT2D eigenvalue weighted by Crippen LogP contribution is 2.25. The molecule has 0 saturated carbocycles. The second kappa shape index (κ2) is 5.43. The fraction of sp³-hybridized carbons (Fsp3) is 0.133. The van der Waals surface area contributed by atoms with Crippen LogP contribution in [-0.2, 0) is 6.54 Å². The first kappa shape index (κ1) is 12.8. The van der Waals surface area contributed by atoms with E-state index >= 15 is 0 Å². The fourth-order valence-electron chi connectivity index (χ4n) is 2.02. The average Bonchev–Trinajstić information content (AvgIpc) is 3.06. The maximum atomic E-state index is 6.12. The van der Waals surface area contributed by atoms with E-state index < -0.39 is 0 Å². The third-order valence-electron chi connectivity index (χ3n) is 3.05. The lowest BCUT2D eigenvalue weighted by Crippen LogP contribution is -2.00. The number of aromatic nitrogens is 2. The zero-order valence-electron chi connectivity index (χ0n) is 11.0. The molecule has 0 bridgehead atoms. The number of hydrogen-bond acceptors (Lipinski definition) is 3. The molecule has 0 fully saturated rings. The van der Waals surface area contributed by atoms with Crippen molar-refractivity contribution in [3.05, 3.63) is 58.9 Å². The molecule has 0 atom stereocenters.